The Labute approximate surface area is 118 Å². The van der Waals surface area contributed by atoms with E-state index < -0.39 is 0 Å². The van der Waals surface area contributed by atoms with Crippen LogP contribution in [0.4, 0.5) is 11.4 Å². The molecule has 2 aromatic rings. The van der Waals surface area contributed by atoms with E-state index in [-0.39, 0.29) is 10.6 Å². The molecule has 0 spiro atoms. The van der Waals surface area contributed by atoms with Crippen LogP contribution in [0.2, 0.25) is 0 Å². The fourth-order valence-corrected chi connectivity index (χ4v) is 1.97. The second kappa shape index (κ2) is 6.31. The average molecular weight is 322 g/mol. The lowest BCUT2D eigenvalue weighted by Gasteiger charge is -2.08. The van der Waals surface area contributed by atoms with Gasteiger partial charge in [-0.1, -0.05) is 34.1 Å². The first kappa shape index (κ1) is 13.5. The van der Waals surface area contributed by atoms with E-state index in [1.807, 2.05) is 30.3 Å². The Morgan fingerprint density at radius 2 is 1.89 bits per heavy atom. The van der Waals surface area contributed by atoms with E-state index in [4.69, 9.17) is 0 Å². The Bertz CT molecular complexity index is 575. The van der Waals surface area contributed by atoms with Crippen LogP contribution in [0.15, 0.2) is 53.0 Å². The van der Waals surface area contributed by atoms with Gasteiger partial charge < -0.3 is 5.43 Å². The van der Waals surface area contributed by atoms with Gasteiger partial charge in [-0.15, -0.1) is 0 Å². The molecule has 0 saturated carbocycles. The molecular weight excluding hydrogens is 310 g/mol. The SMILES string of the molecule is O=[N+]([O-])c1cc(Br)ccc1CNNc1ccccc1. The maximum atomic E-state index is 10.9. The van der Waals surface area contributed by atoms with Crippen LogP contribution in [0, 0.1) is 10.1 Å². The number of nitrogens with one attached hydrogen (secondary N) is 2. The summed E-state index contributed by atoms with van der Waals surface area (Å²) in [6.07, 6.45) is 0. The Kier molecular flexibility index (Phi) is 4.48. The third-order valence-corrected chi connectivity index (χ3v) is 3.02. The highest BCUT2D eigenvalue weighted by Crippen LogP contribution is 2.23. The molecule has 0 aliphatic rings. The highest BCUT2D eigenvalue weighted by molar-refractivity contribution is 9.10. The molecule has 2 N–H and O–H groups in total. The molecule has 0 fully saturated rings. The van der Waals surface area contributed by atoms with E-state index in [0.717, 1.165) is 5.69 Å². The summed E-state index contributed by atoms with van der Waals surface area (Å²) in [4.78, 5) is 10.6. The summed E-state index contributed by atoms with van der Waals surface area (Å²) in [5.74, 6) is 0. The second-order valence-electron chi connectivity index (χ2n) is 3.87. The van der Waals surface area contributed by atoms with Gasteiger partial charge in [-0.3, -0.25) is 10.1 Å². The van der Waals surface area contributed by atoms with E-state index >= 15 is 0 Å². The van der Waals surface area contributed by atoms with Crippen molar-refractivity contribution in [2.45, 2.75) is 6.54 Å². The number of rotatable bonds is 5. The zero-order valence-corrected chi connectivity index (χ0v) is 11.6. The highest BCUT2D eigenvalue weighted by Gasteiger charge is 2.13. The predicted molar refractivity (Wildman–Crippen MR) is 77.7 cm³/mol. The first-order valence-corrected chi connectivity index (χ1v) is 6.43. The molecule has 0 radical (unpaired) electrons. The Morgan fingerprint density at radius 3 is 2.58 bits per heavy atom. The van der Waals surface area contributed by atoms with Crippen molar-refractivity contribution in [1.29, 1.82) is 0 Å². The van der Waals surface area contributed by atoms with Crippen LogP contribution < -0.4 is 10.9 Å². The number of nitrogens with zero attached hydrogens (tertiary/aromatic N) is 1. The zero-order chi connectivity index (χ0) is 13.7. The minimum atomic E-state index is -0.385. The lowest BCUT2D eigenvalue weighted by molar-refractivity contribution is -0.385. The van der Waals surface area contributed by atoms with Crippen LogP contribution in [0.1, 0.15) is 5.56 Å². The summed E-state index contributed by atoms with van der Waals surface area (Å²) in [5.41, 5.74) is 7.57. The number of nitro benzene ring substituents is 1. The molecule has 98 valence electrons. The highest BCUT2D eigenvalue weighted by atomic mass is 79.9. The number of anilines is 1. The van der Waals surface area contributed by atoms with E-state index in [9.17, 15) is 10.1 Å². The number of nitro groups is 1. The first-order valence-electron chi connectivity index (χ1n) is 5.63. The number of hydrogen-bond acceptors (Lipinski definition) is 4. The molecule has 0 aliphatic heterocycles. The lowest BCUT2D eigenvalue weighted by Crippen LogP contribution is -2.21. The standard InChI is InChI=1S/C13H12BrN3O2/c14-11-7-6-10(13(8-11)17(18)19)9-15-16-12-4-2-1-3-5-12/h1-8,15-16H,9H2. The van der Waals surface area contributed by atoms with Gasteiger partial charge in [-0.2, -0.15) is 0 Å². The molecule has 2 rings (SSSR count). The smallest absolute Gasteiger partial charge is 0.275 e. The Balaban J connectivity index is 2.02. The molecular formula is C13H12BrN3O2. The van der Waals surface area contributed by atoms with E-state index in [1.54, 1.807) is 12.1 Å². The largest absolute Gasteiger partial charge is 0.321 e. The summed E-state index contributed by atoms with van der Waals surface area (Å²) in [6, 6.07) is 14.6. The molecule has 0 aliphatic carbocycles. The summed E-state index contributed by atoms with van der Waals surface area (Å²) >= 11 is 3.23. The van der Waals surface area contributed by atoms with Crippen LogP contribution in [-0.2, 0) is 6.54 Å². The third kappa shape index (κ3) is 3.77. The van der Waals surface area contributed by atoms with E-state index in [2.05, 4.69) is 26.8 Å². The van der Waals surface area contributed by atoms with Gasteiger partial charge in [0.25, 0.3) is 5.69 Å². The molecule has 0 unspecified atom stereocenters. The van der Waals surface area contributed by atoms with Gasteiger partial charge in [0.1, 0.15) is 0 Å². The van der Waals surface area contributed by atoms with Gasteiger partial charge in [0, 0.05) is 28.3 Å². The molecule has 0 heterocycles. The molecule has 2 aromatic carbocycles. The number of halogens is 1. The number of hydrazine groups is 1. The van der Waals surface area contributed by atoms with Gasteiger partial charge in [0.05, 0.1) is 4.92 Å². The van der Waals surface area contributed by atoms with Crippen LogP contribution in [0.3, 0.4) is 0 Å². The molecule has 0 atom stereocenters. The van der Waals surface area contributed by atoms with E-state index in [1.165, 1.54) is 6.07 Å². The number of hydrogen-bond donors (Lipinski definition) is 2. The van der Waals surface area contributed by atoms with Gasteiger partial charge in [0.15, 0.2) is 0 Å². The minimum Gasteiger partial charge on any atom is -0.321 e. The predicted octanol–water partition coefficient (Wildman–Crippen LogP) is 3.47. The molecule has 5 nitrogen and oxygen atoms in total. The lowest BCUT2D eigenvalue weighted by atomic mass is 10.2. The van der Waals surface area contributed by atoms with E-state index in [0.29, 0.717) is 16.6 Å². The van der Waals surface area contributed by atoms with Crippen molar-refractivity contribution in [3.63, 3.8) is 0 Å². The monoisotopic (exact) mass is 321 g/mol. The normalized spacial score (nSPS) is 10.2. The minimum absolute atomic E-state index is 0.0942. The maximum absolute atomic E-state index is 10.9. The van der Waals surface area contributed by atoms with Crippen molar-refractivity contribution in [2.24, 2.45) is 0 Å². The van der Waals surface area contributed by atoms with Crippen molar-refractivity contribution in [3.8, 4) is 0 Å². The van der Waals surface area contributed by atoms with Gasteiger partial charge >= 0.3 is 0 Å². The Hall–Kier alpha value is -1.92. The second-order valence-corrected chi connectivity index (χ2v) is 4.79. The molecule has 19 heavy (non-hydrogen) atoms. The molecule has 6 heteroatoms. The number of benzene rings is 2. The molecule has 0 aromatic heterocycles. The van der Waals surface area contributed by atoms with Crippen LogP contribution in [0.25, 0.3) is 0 Å². The van der Waals surface area contributed by atoms with Crippen molar-refractivity contribution < 1.29 is 4.92 Å². The topological polar surface area (TPSA) is 67.2 Å². The summed E-state index contributed by atoms with van der Waals surface area (Å²) in [5, 5.41) is 10.9. The average Bonchev–Trinajstić information content (AvgIpc) is 2.41. The van der Waals surface area contributed by atoms with Crippen molar-refractivity contribution in [3.05, 3.63) is 68.7 Å². The summed E-state index contributed by atoms with van der Waals surface area (Å²) in [7, 11) is 0. The fourth-order valence-electron chi connectivity index (χ4n) is 1.62. The van der Waals surface area contributed by atoms with Crippen molar-refractivity contribution in [2.75, 3.05) is 5.43 Å². The Morgan fingerprint density at radius 1 is 1.16 bits per heavy atom. The van der Waals surface area contributed by atoms with Crippen molar-refractivity contribution >= 4 is 27.3 Å². The van der Waals surface area contributed by atoms with Gasteiger partial charge in [-0.25, -0.2) is 5.43 Å². The van der Waals surface area contributed by atoms with Crippen LogP contribution in [-0.4, -0.2) is 4.92 Å². The zero-order valence-electron chi connectivity index (χ0n) is 9.97. The summed E-state index contributed by atoms with van der Waals surface area (Å²) in [6.45, 7) is 0.360. The first-order chi connectivity index (χ1) is 9.16. The van der Waals surface area contributed by atoms with Gasteiger partial charge in [0.2, 0.25) is 0 Å². The third-order valence-electron chi connectivity index (χ3n) is 2.53. The van der Waals surface area contributed by atoms with Crippen molar-refractivity contribution in [1.82, 2.24) is 5.43 Å². The number of para-hydroxylation sites is 1. The quantitative estimate of drug-likeness (QED) is 0.653. The molecule has 0 amide bonds. The van der Waals surface area contributed by atoms with Gasteiger partial charge in [-0.05, 0) is 24.3 Å². The maximum Gasteiger partial charge on any atom is 0.275 e. The molecule has 0 saturated heterocycles. The van der Waals surface area contributed by atoms with Crippen LogP contribution in [0.5, 0.6) is 0 Å². The molecule has 0 bridgehead atoms. The summed E-state index contributed by atoms with van der Waals surface area (Å²) < 4.78 is 0.693. The van der Waals surface area contributed by atoms with Crippen LogP contribution >= 0.6 is 15.9 Å². The fraction of sp³-hybridized carbons (Fsp3) is 0.0769.